The molecule has 0 aromatic heterocycles. The minimum absolute atomic E-state index is 0. The van der Waals surface area contributed by atoms with Crippen molar-refractivity contribution in [2.45, 2.75) is 44.5 Å². The Balaban J connectivity index is 0.00000169. The predicted molar refractivity (Wildman–Crippen MR) is 101 cm³/mol. The molecule has 1 N–H and O–H groups in total. The van der Waals surface area contributed by atoms with Gasteiger partial charge in [-0.3, -0.25) is 4.90 Å². The topological polar surface area (TPSA) is 24.5 Å². The summed E-state index contributed by atoms with van der Waals surface area (Å²) in [6, 6.07) is 6.80. The van der Waals surface area contributed by atoms with Crippen LogP contribution in [0.1, 0.15) is 43.7 Å². The number of ether oxygens (including phenoxy) is 1. The van der Waals surface area contributed by atoms with E-state index in [-0.39, 0.29) is 30.6 Å². The molecule has 3 rings (SSSR count). The van der Waals surface area contributed by atoms with Crippen molar-refractivity contribution in [3.8, 4) is 5.75 Å². The second kappa shape index (κ2) is 10.6. The third-order valence-corrected chi connectivity index (χ3v) is 5.10. The van der Waals surface area contributed by atoms with Crippen LogP contribution in [0.25, 0.3) is 0 Å². The third kappa shape index (κ3) is 6.48. The number of halogens is 5. The Labute approximate surface area is 165 Å². The maximum Gasteiger partial charge on any atom is 0.573 e. The highest BCUT2D eigenvalue weighted by Crippen LogP contribution is 2.39. The minimum atomic E-state index is -4.64. The summed E-state index contributed by atoms with van der Waals surface area (Å²) in [5.41, 5.74) is 1.11. The quantitative estimate of drug-likeness (QED) is 0.753. The van der Waals surface area contributed by atoms with Gasteiger partial charge in [0.2, 0.25) is 0 Å². The number of nitrogens with zero attached hydrogens (tertiary/aromatic N) is 1. The van der Waals surface area contributed by atoms with E-state index < -0.39 is 6.36 Å². The number of benzene rings is 1. The number of rotatable bonds is 4. The lowest BCUT2D eigenvalue weighted by atomic mass is 9.80. The zero-order chi connectivity index (χ0) is 17.0. The Morgan fingerprint density at radius 3 is 2.08 bits per heavy atom. The van der Waals surface area contributed by atoms with Crippen molar-refractivity contribution in [3.05, 3.63) is 29.8 Å². The Morgan fingerprint density at radius 1 is 0.962 bits per heavy atom. The van der Waals surface area contributed by atoms with Crippen molar-refractivity contribution in [2.75, 3.05) is 26.2 Å². The number of piperazine rings is 1. The first-order valence-electron chi connectivity index (χ1n) is 8.83. The molecule has 1 atom stereocenters. The molecule has 0 radical (unpaired) electrons. The maximum absolute atomic E-state index is 12.3. The SMILES string of the molecule is Cl.Cl.FC(F)(F)Oc1ccc([C@H](C2CCCCC2)N2CCNCC2)cc1. The van der Waals surface area contributed by atoms with Crippen LogP contribution in [0.3, 0.4) is 0 Å². The van der Waals surface area contributed by atoms with Gasteiger partial charge >= 0.3 is 6.36 Å². The van der Waals surface area contributed by atoms with Gasteiger partial charge in [-0.05, 0) is 36.5 Å². The zero-order valence-corrected chi connectivity index (χ0v) is 16.3. The van der Waals surface area contributed by atoms with E-state index in [1.165, 1.54) is 44.2 Å². The van der Waals surface area contributed by atoms with Crippen LogP contribution in [0.4, 0.5) is 13.2 Å². The lowest BCUT2D eigenvalue weighted by molar-refractivity contribution is -0.274. The van der Waals surface area contributed by atoms with Gasteiger partial charge in [-0.25, -0.2) is 0 Å². The molecule has 26 heavy (non-hydrogen) atoms. The van der Waals surface area contributed by atoms with Gasteiger partial charge in [0, 0.05) is 32.2 Å². The second-order valence-corrected chi connectivity index (χ2v) is 6.75. The van der Waals surface area contributed by atoms with Crippen LogP contribution >= 0.6 is 24.8 Å². The van der Waals surface area contributed by atoms with E-state index in [1.807, 2.05) is 12.1 Å². The highest BCUT2D eigenvalue weighted by atomic mass is 35.5. The van der Waals surface area contributed by atoms with Crippen molar-refractivity contribution in [2.24, 2.45) is 5.92 Å². The molecule has 1 saturated carbocycles. The summed E-state index contributed by atoms with van der Waals surface area (Å²) in [5, 5.41) is 3.37. The molecular formula is C18H27Cl2F3N2O. The monoisotopic (exact) mass is 414 g/mol. The van der Waals surface area contributed by atoms with E-state index in [1.54, 1.807) is 0 Å². The number of hydrogen-bond donors (Lipinski definition) is 1. The fraction of sp³-hybridized carbons (Fsp3) is 0.667. The van der Waals surface area contributed by atoms with E-state index in [9.17, 15) is 13.2 Å². The summed E-state index contributed by atoms with van der Waals surface area (Å²) < 4.78 is 41.0. The second-order valence-electron chi connectivity index (χ2n) is 6.75. The first-order valence-corrected chi connectivity index (χ1v) is 8.83. The molecular weight excluding hydrogens is 388 g/mol. The van der Waals surface area contributed by atoms with Crippen LogP contribution < -0.4 is 10.1 Å². The first kappa shape index (κ1) is 23.3. The lowest BCUT2D eigenvalue weighted by Gasteiger charge is -2.41. The fourth-order valence-corrected chi connectivity index (χ4v) is 4.06. The molecule has 2 aliphatic rings. The molecule has 1 saturated heterocycles. The van der Waals surface area contributed by atoms with Gasteiger partial charge in [-0.15, -0.1) is 38.0 Å². The van der Waals surface area contributed by atoms with Crippen LogP contribution in [0.5, 0.6) is 5.75 Å². The van der Waals surface area contributed by atoms with E-state index in [2.05, 4.69) is 15.0 Å². The lowest BCUT2D eigenvalue weighted by Crippen LogP contribution is -2.47. The molecule has 0 bridgehead atoms. The highest BCUT2D eigenvalue weighted by molar-refractivity contribution is 5.85. The molecule has 1 aromatic carbocycles. The predicted octanol–water partition coefficient (Wildman–Crippen LogP) is 4.96. The molecule has 1 aliphatic carbocycles. The summed E-state index contributed by atoms with van der Waals surface area (Å²) in [6.45, 7) is 3.92. The van der Waals surface area contributed by atoms with Crippen molar-refractivity contribution in [3.63, 3.8) is 0 Å². The Kier molecular flexibility index (Phi) is 9.51. The average molecular weight is 415 g/mol. The molecule has 150 valence electrons. The van der Waals surface area contributed by atoms with Crippen molar-refractivity contribution in [1.82, 2.24) is 10.2 Å². The number of alkyl halides is 3. The largest absolute Gasteiger partial charge is 0.573 e. The van der Waals surface area contributed by atoms with Crippen LogP contribution in [0.2, 0.25) is 0 Å². The Morgan fingerprint density at radius 2 is 1.54 bits per heavy atom. The molecule has 1 aromatic rings. The van der Waals surface area contributed by atoms with Crippen LogP contribution in [0.15, 0.2) is 24.3 Å². The minimum Gasteiger partial charge on any atom is -0.406 e. The fourth-order valence-electron chi connectivity index (χ4n) is 4.06. The third-order valence-electron chi connectivity index (χ3n) is 5.10. The molecule has 0 amide bonds. The summed E-state index contributed by atoms with van der Waals surface area (Å²) in [5.74, 6) is 0.445. The Hall–Kier alpha value is -0.690. The normalized spacial score (nSPS) is 20.6. The van der Waals surface area contributed by atoms with Crippen LogP contribution in [-0.2, 0) is 0 Å². The average Bonchev–Trinajstić information content (AvgIpc) is 2.57. The Bertz CT molecular complexity index is 498. The van der Waals surface area contributed by atoms with Gasteiger partial charge in [0.1, 0.15) is 5.75 Å². The van der Waals surface area contributed by atoms with E-state index in [4.69, 9.17) is 0 Å². The summed E-state index contributed by atoms with van der Waals surface area (Å²) in [4.78, 5) is 2.49. The van der Waals surface area contributed by atoms with Crippen LogP contribution in [0, 0.1) is 5.92 Å². The van der Waals surface area contributed by atoms with Crippen LogP contribution in [-0.4, -0.2) is 37.4 Å². The van der Waals surface area contributed by atoms with Gasteiger partial charge in [0.05, 0.1) is 0 Å². The molecule has 1 aliphatic heterocycles. The van der Waals surface area contributed by atoms with Gasteiger partial charge in [0.25, 0.3) is 0 Å². The van der Waals surface area contributed by atoms with Crippen molar-refractivity contribution >= 4 is 24.8 Å². The van der Waals surface area contributed by atoms with E-state index in [0.29, 0.717) is 12.0 Å². The molecule has 3 nitrogen and oxygen atoms in total. The molecule has 1 heterocycles. The highest BCUT2D eigenvalue weighted by Gasteiger charge is 2.33. The maximum atomic E-state index is 12.3. The molecule has 0 unspecified atom stereocenters. The van der Waals surface area contributed by atoms with E-state index >= 15 is 0 Å². The molecule has 0 spiro atoms. The van der Waals surface area contributed by atoms with E-state index in [0.717, 1.165) is 31.7 Å². The number of hydrogen-bond acceptors (Lipinski definition) is 3. The van der Waals surface area contributed by atoms with Gasteiger partial charge in [-0.2, -0.15) is 0 Å². The van der Waals surface area contributed by atoms with Gasteiger partial charge in [-0.1, -0.05) is 31.4 Å². The standard InChI is InChI=1S/C18H25F3N2O.2ClH/c19-18(20,21)24-16-8-6-15(7-9-16)17(14-4-2-1-3-5-14)23-12-10-22-11-13-23;;/h6-9,14,17,22H,1-5,10-13H2;2*1H/t17-;;/m0../s1. The molecule has 2 fully saturated rings. The van der Waals surface area contributed by atoms with Crippen molar-refractivity contribution in [1.29, 1.82) is 0 Å². The summed E-state index contributed by atoms with van der Waals surface area (Å²) in [7, 11) is 0. The summed E-state index contributed by atoms with van der Waals surface area (Å²) >= 11 is 0. The summed E-state index contributed by atoms with van der Waals surface area (Å²) in [6.07, 6.45) is 1.57. The van der Waals surface area contributed by atoms with Gasteiger partial charge < -0.3 is 10.1 Å². The molecule has 8 heteroatoms. The van der Waals surface area contributed by atoms with Gasteiger partial charge in [0.15, 0.2) is 0 Å². The van der Waals surface area contributed by atoms with Crippen molar-refractivity contribution < 1.29 is 17.9 Å². The smallest absolute Gasteiger partial charge is 0.406 e. The zero-order valence-electron chi connectivity index (χ0n) is 14.6. The first-order chi connectivity index (χ1) is 11.5. The number of nitrogens with one attached hydrogen (secondary N) is 1.